The first-order valence-corrected chi connectivity index (χ1v) is 3.91. The number of hydrogen-bond donors (Lipinski definition) is 2. The summed E-state index contributed by atoms with van der Waals surface area (Å²) in [6.07, 6.45) is 0. The van der Waals surface area contributed by atoms with E-state index in [2.05, 4.69) is 5.32 Å². The lowest BCUT2D eigenvalue weighted by Crippen LogP contribution is -2.52. The van der Waals surface area contributed by atoms with Gasteiger partial charge in [-0.2, -0.15) is 0 Å². The Morgan fingerprint density at radius 1 is 1.55 bits per heavy atom. The fraction of sp³-hybridized carbons (Fsp3) is 0.875. The Morgan fingerprint density at radius 3 is 2.27 bits per heavy atom. The topological polar surface area (TPSA) is 55.1 Å². The summed E-state index contributed by atoms with van der Waals surface area (Å²) in [6.45, 7) is 7.81. The molecule has 0 saturated heterocycles. The lowest BCUT2D eigenvalue weighted by molar-refractivity contribution is -0.123. The van der Waals surface area contributed by atoms with Crippen molar-refractivity contribution in [2.75, 3.05) is 6.54 Å². The predicted molar refractivity (Wildman–Crippen MR) is 46.4 cm³/mol. The standard InChI is InChI=1S/C8H18N2O/c1-6(2)10-8(3,4)7(11)5-9/h6,10H,5,9H2,1-4H3. The molecule has 3 nitrogen and oxygen atoms in total. The van der Waals surface area contributed by atoms with Crippen LogP contribution in [-0.4, -0.2) is 23.9 Å². The van der Waals surface area contributed by atoms with Crippen LogP contribution >= 0.6 is 0 Å². The second-order valence-corrected chi connectivity index (χ2v) is 3.55. The Kier molecular flexibility index (Phi) is 3.69. The number of rotatable bonds is 4. The Hall–Kier alpha value is -0.410. The van der Waals surface area contributed by atoms with E-state index in [4.69, 9.17) is 5.73 Å². The molecule has 0 aliphatic carbocycles. The predicted octanol–water partition coefficient (Wildman–Crippen LogP) is 0.291. The first kappa shape index (κ1) is 10.6. The largest absolute Gasteiger partial charge is 0.324 e. The van der Waals surface area contributed by atoms with Gasteiger partial charge in [-0.15, -0.1) is 0 Å². The van der Waals surface area contributed by atoms with Crippen molar-refractivity contribution in [3.8, 4) is 0 Å². The summed E-state index contributed by atoms with van der Waals surface area (Å²) in [5.74, 6) is 0.0474. The van der Waals surface area contributed by atoms with E-state index in [9.17, 15) is 4.79 Å². The zero-order valence-electron chi connectivity index (χ0n) is 7.77. The monoisotopic (exact) mass is 158 g/mol. The van der Waals surface area contributed by atoms with Crippen LogP contribution in [0.15, 0.2) is 0 Å². The summed E-state index contributed by atoms with van der Waals surface area (Å²) in [5, 5.41) is 3.14. The van der Waals surface area contributed by atoms with E-state index in [1.54, 1.807) is 0 Å². The highest BCUT2D eigenvalue weighted by Crippen LogP contribution is 2.03. The van der Waals surface area contributed by atoms with Crippen LogP contribution in [0.3, 0.4) is 0 Å². The van der Waals surface area contributed by atoms with Gasteiger partial charge in [0.1, 0.15) is 0 Å². The molecule has 0 heterocycles. The minimum atomic E-state index is -0.483. The summed E-state index contributed by atoms with van der Waals surface area (Å²) >= 11 is 0. The molecule has 0 spiro atoms. The van der Waals surface area contributed by atoms with E-state index in [-0.39, 0.29) is 12.3 Å². The summed E-state index contributed by atoms with van der Waals surface area (Å²) in [5.41, 5.74) is 4.76. The molecule has 0 saturated carbocycles. The fourth-order valence-corrected chi connectivity index (χ4v) is 1.06. The van der Waals surface area contributed by atoms with Crippen molar-refractivity contribution in [3.05, 3.63) is 0 Å². The van der Waals surface area contributed by atoms with E-state index in [1.165, 1.54) is 0 Å². The highest BCUT2D eigenvalue weighted by atomic mass is 16.1. The third-order valence-electron chi connectivity index (χ3n) is 1.53. The number of nitrogens with two attached hydrogens (primary N) is 1. The number of carbonyl (C=O) groups is 1. The molecule has 3 heteroatoms. The van der Waals surface area contributed by atoms with Crippen molar-refractivity contribution >= 4 is 5.78 Å². The van der Waals surface area contributed by atoms with Gasteiger partial charge >= 0.3 is 0 Å². The molecule has 3 N–H and O–H groups in total. The van der Waals surface area contributed by atoms with Gasteiger partial charge in [0.2, 0.25) is 0 Å². The van der Waals surface area contributed by atoms with Crippen LogP contribution in [-0.2, 0) is 4.79 Å². The zero-order chi connectivity index (χ0) is 9.07. The van der Waals surface area contributed by atoms with Crippen molar-refractivity contribution < 1.29 is 4.79 Å². The molecular weight excluding hydrogens is 140 g/mol. The van der Waals surface area contributed by atoms with Crippen molar-refractivity contribution in [1.29, 1.82) is 0 Å². The molecule has 0 bridgehead atoms. The van der Waals surface area contributed by atoms with Crippen LogP contribution in [0.2, 0.25) is 0 Å². The average molecular weight is 158 g/mol. The summed E-state index contributed by atoms with van der Waals surface area (Å²) in [6, 6.07) is 0.306. The number of carbonyl (C=O) groups excluding carboxylic acids is 1. The molecule has 0 aliphatic heterocycles. The maximum atomic E-state index is 11.2. The average Bonchev–Trinajstić information content (AvgIpc) is 1.83. The summed E-state index contributed by atoms with van der Waals surface area (Å²) < 4.78 is 0. The summed E-state index contributed by atoms with van der Waals surface area (Å²) in [4.78, 5) is 11.2. The molecule has 0 fully saturated rings. The Labute approximate surface area is 68.3 Å². The van der Waals surface area contributed by atoms with Crippen LogP contribution in [0.4, 0.5) is 0 Å². The third kappa shape index (κ3) is 3.49. The van der Waals surface area contributed by atoms with Crippen LogP contribution in [0.5, 0.6) is 0 Å². The molecule has 0 rings (SSSR count). The Morgan fingerprint density at radius 2 is 2.00 bits per heavy atom. The molecule has 11 heavy (non-hydrogen) atoms. The van der Waals surface area contributed by atoms with Crippen molar-refractivity contribution in [3.63, 3.8) is 0 Å². The fourth-order valence-electron chi connectivity index (χ4n) is 1.06. The lowest BCUT2D eigenvalue weighted by Gasteiger charge is -2.26. The normalized spacial score (nSPS) is 12.2. The molecule has 0 aliphatic rings. The van der Waals surface area contributed by atoms with Crippen LogP contribution < -0.4 is 11.1 Å². The number of ketones is 1. The maximum absolute atomic E-state index is 11.2. The molecule has 0 aromatic heterocycles. The van der Waals surface area contributed by atoms with Crippen LogP contribution in [0.1, 0.15) is 27.7 Å². The molecule has 0 unspecified atom stereocenters. The zero-order valence-corrected chi connectivity index (χ0v) is 7.77. The van der Waals surface area contributed by atoms with Crippen molar-refractivity contribution in [1.82, 2.24) is 5.32 Å². The quantitative estimate of drug-likeness (QED) is 0.618. The van der Waals surface area contributed by atoms with Gasteiger partial charge in [0, 0.05) is 6.04 Å². The Balaban J connectivity index is 4.09. The van der Waals surface area contributed by atoms with Gasteiger partial charge in [-0.1, -0.05) is 0 Å². The van der Waals surface area contributed by atoms with E-state index in [0.717, 1.165) is 0 Å². The van der Waals surface area contributed by atoms with Crippen LogP contribution in [0.25, 0.3) is 0 Å². The molecule has 66 valence electrons. The number of hydrogen-bond acceptors (Lipinski definition) is 3. The maximum Gasteiger partial charge on any atom is 0.165 e. The van der Waals surface area contributed by atoms with Gasteiger partial charge in [0.25, 0.3) is 0 Å². The molecule has 0 aromatic carbocycles. The SMILES string of the molecule is CC(C)NC(C)(C)C(=O)CN. The van der Waals surface area contributed by atoms with Gasteiger partial charge in [-0.25, -0.2) is 0 Å². The minimum Gasteiger partial charge on any atom is -0.324 e. The second-order valence-electron chi connectivity index (χ2n) is 3.55. The molecule has 0 atom stereocenters. The van der Waals surface area contributed by atoms with E-state index in [1.807, 2.05) is 27.7 Å². The van der Waals surface area contributed by atoms with E-state index >= 15 is 0 Å². The van der Waals surface area contributed by atoms with Crippen molar-refractivity contribution in [2.45, 2.75) is 39.3 Å². The molecule has 0 aromatic rings. The lowest BCUT2D eigenvalue weighted by atomic mass is 9.98. The molecule has 0 radical (unpaired) electrons. The summed E-state index contributed by atoms with van der Waals surface area (Å²) in [7, 11) is 0. The third-order valence-corrected chi connectivity index (χ3v) is 1.53. The van der Waals surface area contributed by atoms with Gasteiger partial charge in [0.05, 0.1) is 12.1 Å². The van der Waals surface area contributed by atoms with Gasteiger partial charge < -0.3 is 11.1 Å². The molecule has 0 amide bonds. The smallest absolute Gasteiger partial charge is 0.165 e. The van der Waals surface area contributed by atoms with Gasteiger partial charge in [0.15, 0.2) is 5.78 Å². The number of Topliss-reactive ketones (excluding diaryl/α,β-unsaturated/α-hetero) is 1. The first-order chi connectivity index (χ1) is 4.90. The first-order valence-electron chi connectivity index (χ1n) is 3.91. The molecular formula is C8H18N2O. The van der Waals surface area contributed by atoms with Crippen LogP contribution in [0, 0.1) is 0 Å². The highest BCUT2D eigenvalue weighted by Gasteiger charge is 2.25. The highest BCUT2D eigenvalue weighted by molar-refractivity contribution is 5.89. The Bertz CT molecular complexity index is 141. The second kappa shape index (κ2) is 3.83. The number of nitrogens with one attached hydrogen (secondary N) is 1. The van der Waals surface area contributed by atoms with Gasteiger partial charge in [-0.05, 0) is 27.7 Å². The van der Waals surface area contributed by atoms with E-state index in [0.29, 0.717) is 6.04 Å². The van der Waals surface area contributed by atoms with Gasteiger partial charge in [-0.3, -0.25) is 4.79 Å². The van der Waals surface area contributed by atoms with E-state index < -0.39 is 5.54 Å². The van der Waals surface area contributed by atoms with Crippen molar-refractivity contribution in [2.24, 2.45) is 5.73 Å². The minimum absolute atomic E-state index is 0.0474.